The number of carbonyl (C=O) groups is 1. The number of amides is 1. The van der Waals surface area contributed by atoms with Gasteiger partial charge < -0.3 is 9.84 Å². The minimum Gasteiger partial charge on any atom is -0.338 e. The van der Waals surface area contributed by atoms with E-state index in [2.05, 4.69) is 31.3 Å². The van der Waals surface area contributed by atoms with Crippen molar-refractivity contribution in [2.24, 2.45) is 0 Å². The number of benzene rings is 1. The van der Waals surface area contributed by atoms with Gasteiger partial charge in [-0.05, 0) is 19.8 Å². The standard InChI is InChI=1S/C24H32N6O2/c1-19-6-8-20(9-7-19)23-26-22(32-28-23)17-30-14-12-29(13-15-30)16-21(31)27-24(18-25)10-4-2-3-5-11-24/h6-9H,2-5,10-17H2,1H3,(H,27,31). The summed E-state index contributed by atoms with van der Waals surface area (Å²) in [5.41, 5.74) is 1.47. The largest absolute Gasteiger partial charge is 0.338 e. The first-order valence-corrected chi connectivity index (χ1v) is 11.6. The van der Waals surface area contributed by atoms with Crippen molar-refractivity contribution in [3.05, 3.63) is 35.7 Å². The van der Waals surface area contributed by atoms with E-state index in [0.717, 1.165) is 70.3 Å². The van der Waals surface area contributed by atoms with E-state index < -0.39 is 5.54 Å². The van der Waals surface area contributed by atoms with E-state index in [-0.39, 0.29) is 5.91 Å². The first-order chi connectivity index (χ1) is 15.5. The number of hydrogen-bond acceptors (Lipinski definition) is 7. The zero-order valence-electron chi connectivity index (χ0n) is 18.8. The molecular formula is C24H32N6O2. The minimum atomic E-state index is -0.678. The summed E-state index contributed by atoms with van der Waals surface area (Å²) in [6.45, 7) is 6.26. The Hall–Kier alpha value is -2.76. The quantitative estimate of drug-likeness (QED) is 0.695. The van der Waals surface area contributed by atoms with Gasteiger partial charge in [0.25, 0.3) is 0 Å². The molecule has 8 heteroatoms. The molecule has 0 unspecified atom stereocenters. The Labute approximate surface area is 189 Å². The van der Waals surface area contributed by atoms with Gasteiger partial charge in [-0.25, -0.2) is 0 Å². The Morgan fingerprint density at radius 2 is 1.75 bits per heavy atom. The molecule has 1 amide bonds. The van der Waals surface area contributed by atoms with Crippen LogP contribution in [0.1, 0.15) is 50.0 Å². The summed E-state index contributed by atoms with van der Waals surface area (Å²) in [7, 11) is 0. The highest BCUT2D eigenvalue weighted by molar-refractivity contribution is 5.79. The van der Waals surface area contributed by atoms with Crippen LogP contribution in [0.3, 0.4) is 0 Å². The van der Waals surface area contributed by atoms with Crippen LogP contribution in [0.15, 0.2) is 28.8 Å². The maximum Gasteiger partial charge on any atom is 0.241 e. The van der Waals surface area contributed by atoms with E-state index in [4.69, 9.17) is 4.52 Å². The molecule has 2 aromatic rings. The van der Waals surface area contributed by atoms with Gasteiger partial charge in [0.15, 0.2) is 0 Å². The molecule has 1 N–H and O–H groups in total. The van der Waals surface area contributed by atoms with Crippen LogP contribution in [-0.2, 0) is 11.3 Å². The molecule has 0 spiro atoms. The van der Waals surface area contributed by atoms with Gasteiger partial charge in [-0.1, -0.05) is 60.7 Å². The summed E-state index contributed by atoms with van der Waals surface area (Å²) in [6.07, 6.45) is 5.83. The summed E-state index contributed by atoms with van der Waals surface area (Å²) < 4.78 is 5.45. The van der Waals surface area contributed by atoms with Crippen LogP contribution in [-0.4, -0.2) is 64.1 Å². The lowest BCUT2D eigenvalue weighted by molar-refractivity contribution is -0.124. The van der Waals surface area contributed by atoms with Gasteiger partial charge in [0.2, 0.25) is 17.6 Å². The zero-order chi connectivity index (χ0) is 22.4. The number of hydrogen-bond donors (Lipinski definition) is 1. The molecule has 1 aromatic carbocycles. The van der Waals surface area contributed by atoms with Gasteiger partial charge in [-0.3, -0.25) is 14.6 Å². The van der Waals surface area contributed by atoms with Gasteiger partial charge in [0, 0.05) is 31.7 Å². The summed E-state index contributed by atoms with van der Waals surface area (Å²) in [4.78, 5) is 21.6. The predicted molar refractivity (Wildman–Crippen MR) is 120 cm³/mol. The minimum absolute atomic E-state index is 0.0402. The molecule has 1 saturated heterocycles. The number of piperazine rings is 1. The fourth-order valence-corrected chi connectivity index (χ4v) is 4.54. The first-order valence-electron chi connectivity index (χ1n) is 11.6. The maximum absolute atomic E-state index is 12.6. The Morgan fingerprint density at radius 1 is 1.09 bits per heavy atom. The van der Waals surface area contributed by atoms with Crippen LogP contribution in [0.4, 0.5) is 0 Å². The lowest BCUT2D eigenvalue weighted by Gasteiger charge is -2.34. The molecule has 1 aliphatic carbocycles. The van der Waals surface area contributed by atoms with E-state index in [0.29, 0.717) is 24.8 Å². The molecule has 0 bridgehead atoms. The van der Waals surface area contributed by atoms with Crippen LogP contribution in [0, 0.1) is 18.3 Å². The van der Waals surface area contributed by atoms with Crippen molar-refractivity contribution >= 4 is 5.91 Å². The first kappa shape index (κ1) is 22.4. The summed E-state index contributed by atoms with van der Waals surface area (Å²) in [5.74, 6) is 1.18. The third kappa shape index (κ3) is 5.72. The van der Waals surface area contributed by atoms with Crippen molar-refractivity contribution in [1.29, 1.82) is 5.26 Å². The van der Waals surface area contributed by atoms with Gasteiger partial charge in [0.05, 0.1) is 19.2 Å². The summed E-state index contributed by atoms with van der Waals surface area (Å²) in [6, 6.07) is 10.5. The van der Waals surface area contributed by atoms with Crippen LogP contribution in [0.2, 0.25) is 0 Å². The van der Waals surface area contributed by atoms with E-state index in [1.807, 2.05) is 31.2 Å². The van der Waals surface area contributed by atoms with Gasteiger partial charge in [-0.2, -0.15) is 10.2 Å². The highest BCUT2D eigenvalue weighted by atomic mass is 16.5. The molecule has 2 fully saturated rings. The van der Waals surface area contributed by atoms with E-state index in [9.17, 15) is 10.1 Å². The maximum atomic E-state index is 12.6. The van der Waals surface area contributed by atoms with E-state index in [1.54, 1.807) is 0 Å². The fraction of sp³-hybridized carbons (Fsp3) is 0.583. The third-order valence-electron chi connectivity index (χ3n) is 6.52. The molecule has 2 heterocycles. The predicted octanol–water partition coefficient (Wildman–Crippen LogP) is 2.90. The van der Waals surface area contributed by atoms with Crippen molar-refractivity contribution in [3.8, 4) is 17.5 Å². The Morgan fingerprint density at radius 3 is 2.41 bits per heavy atom. The molecule has 4 rings (SSSR count). The molecule has 32 heavy (non-hydrogen) atoms. The van der Waals surface area contributed by atoms with Crippen LogP contribution in [0.25, 0.3) is 11.4 Å². The highest BCUT2D eigenvalue weighted by Crippen LogP contribution is 2.26. The second-order valence-corrected chi connectivity index (χ2v) is 9.09. The second-order valence-electron chi connectivity index (χ2n) is 9.09. The summed E-state index contributed by atoms with van der Waals surface area (Å²) >= 11 is 0. The molecule has 1 saturated carbocycles. The molecule has 8 nitrogen and oxygen atoms in total. The molecule has 1 aromatic heterocycles. The average molecular weight is 437 g/mol. The molecule has 1 aliphatic heterocycles. The molecule has 0 radical (unpaired) electrons. The van der Waals surface area contributed by atoms with Crippen molar-refractivity contribution in [1.82, 2.24) is 25.3 Å². The molecule has 170 valence electrons. The van der Waals surface area contributed by atoms with Crippen molar-refractivity contribution in [3.63, 3.8) is 0 Å². The Balaban J connectivity index is 1.23. The number of nitrogens with one attached hydrogen (secondary N) is 1. The van der Waals surface area contributed by atoms with Crippen LogP contribution in [0.5, 0.6) is 0 Å². The molecular weight excluding hydrogens is 404 g/mol. The highest BCUT2D eigenvalue weighted by Gasteiger charge is 2.33. The summed E-state index contributed by atoms with van der Waals surface area (Å²) in [5, 5.41) is 16.8. The smallest absolute Gasteiger partial charge is 0.241 e. The number of rotatable bonds is 6. The van der Waals surface area contributed by atoms with Gasteiger partial charge in [0.1, 0.15) is 5.54 Å². The average Bonchev–Trinajstić information content (AvgIpc) is 3.13. The Kier molecular flexibility index (Phi) is 7.18. The van der Waals surface area contributed by atoms with Gasteiger partial charge >= 0.3 is 0 Å². The van der Waals surface area contributed by atoms with Crippen molar-refractivity contribution in [2.45, 2.75) is 57.5 Å². The van der Waals surface area contributed by atoms with Crippen LogP contribution < -0.4 is 5.32 Å². The lowest BCUT2D eigenvalue weighted by atomic mass is 9.92. The molecule has 2 aliphatic rings. The fourth-order valence-electron chi connectivity index (χ4n) is 4.54. The SMILES string of the molecule is Cc1ccc(-c2noc(CN3CCN(CC(=O)NC4(C#N)CCCCCC4)CC3)n2)cc1. The van der Waals surface area contributed by atoms with E-state index in [1.165, 1.54) is 5.56 Å². The number of carbonyl (C=O) groups excluding carboxylic acids is 1. The lowest BCUT2D eigenvalue weighted by Crippen LogP contribution is -2.53. The topological polar surface area (TPSA) is 98.3 Å². The monoisotopic (exact) mass is 436 g/mol. The number of nitrogens with zero attached hydrogens (tertiary/aromatic N) is 5. The number of nitriles is 1. The number of aryl methyl sites for hydroxylation is 1. The van der Waals surface area contributed by atoms with Crippen molar-refractivity contribution in [2.75, 3.05) is 32.7 Å². The Bertz CT molecular complexity index is 932. The third-order valence-corrected chi connectivity index (χ3v) is 6.52. The molecule has 0 atom stereocenters. The van der Waals surface area contributed by atoms with Gasteiger partial charge in [-0.15, -0.1) is 0 Å². The van der Waals surface area contributed by atoms with Crippen molar-refractivity contribution < 1.29 is 9.32 Å². The second kappa shape index (κ2) is 10.2. The number of aromatic nitrogens is 2. The normalized spacial score (nSPS) is 19.8. The van der Waals surface area contributed by atoms with Crippen LogP contribution >= 0.6 is 0 Å². The zero-order valence-corrected chi connectivity index (χ0v) is 18.8. The van der Waals surface area contributed by atoms with E-state index >= 15 is 0 Å².